The highest BCUT2D eigenvalue weighted by Crippen LogP contribution is 2.39. The first kappa shape index (κ1) is 16.8. The molecule has 0 radical (unpaired) electrons. The maximum absolute atomic E-state index is 11.9. The van der Waals surface area contributed by atoms with E-state index in [9.17, 15) is 4.21 Å². The molecule has 0 bridgehead atoms. The van der Waals surface area contributed by atoms with Crippen LogP contribution >= 0.6 is 0 Å². The summed E-state index contributed by atoms with van der Waals surface area (Å²) in [5, 5.41) is 0. The fourth-order valence-corrected chi connectivity index (χ4v) is 3.95. The van der Waals surface area contributed by atoms with Crippen LogP contribution in [0.1, 0.15) is 18.5 Å². The van der Waals surface area contributed by atoms with Crippen LogP contribution < -0.4 is 13.6 Å². The van der Waals surface area contributed by atoms with Gasteiger partial charge in [-0.15, -0.1) is 0 Å². The van der Waals surface area contributed by atoms with Gasteiger partial charge in [-0.3, -0.25) is 0 Å². The molecule has 1 N–H and O–H groups in total. The molecular weight excluding hydrogens is 346 g/mol. The number of rotatable bonds is 3. The molecule has 1 aliphatic rings. The van der Waals surface area contributed by atoms with E-state index >= 15 is 0 Å². The van der Waals surface area contributed by atoms with Crippen LogP contribution in [0.25, 0.3) is 22.3 Å². The van der Waals surface area contributed by atoms with Crippen LogP contribution in [0.4, 0.5) is 0 Å². The predicted molar refractivity (Wildman–Crippen MR) is 104 cm³/mol. The van der Waals surface area contributed by atoms with Gasteiger partial charge in [0.15, 0.2) is 5.75 Å². The van der Waals surface area contributed by atoms with Gasteiger partial charge in [0.2, 0.25) is 0 Å². The summed E-state index contributed by atoms with van der Waals surface area (Å²) in [6.45, 7) is 1.98. The quantitative estimate of drug-likeness (QED) is 0.735. The Hall–Kier alpha value is -2.63. The van der Waals surface area contributed by atoms with Crippen LogP contribution in [0.5, 0.6) is 11.5 Å². The molecule has 2 atom stereocenters. The van der Waals surface area contributed by atoms with E-state index in [-0.39, 0.29) is 6.04 Å². The van der Waals surface area contributed by atoms with E-state index in [0.717, 1.165) is 33.6 Å². The van der Waals surface area contributed by atoms with Crippen molar-refractivity contribution in [2.45, 2.75) is 13.0 Å². The van der Waals surface area contributed by atoms with Crippen LogP contribution in [0.3, 0.4) is 0 Å². The molecule has 3 aromatic carbocycles. The first-order valence-electron chi connectivity index (χ1n) is 8.40. The Kier molecular flexibility index (Phi) is 4.49. The highest BCUT2D eigenvalue weighted by molar-refractivity contribution is 7.78. The van der Waals surface area contributed by atoms with E-state index in [1.165, 1.54) is 0 Å². The summed E-state index contributed by atoms with van der Waals surface area (Å²) < 4.78 is 25.6. The van der Waals surface area contributed by atoms with E-state index in [4.69, 9.17) is 8.92 Å². The van der Waals surface area contributed by atoms with Gasteiger partial charge in [0, 0.05) is 17.2 Å². The lowest BCUT2D eigenvalue weighted by Gasteiger charge is -2.24. The minimum absolute atomic E-state index is 0.0156. The second-order valence-electron chi connectivity index (χ2n) is 6.19. The molecule has 5 heteroatoms. The van der Waals surface area contributed by atoms with Gasteiger partial charge < -0.3 is 8.92 Å². The summed E-state index contributed by atoms with van der Waals surface area (Å²) in [6.07, 6.45) is 0. The van der Waals surface area contributed by atoms with E-state index in [1.54, 1.807) is 7.11 Å². The highest BCUT2D eigenvalue weighted by Gasteiger charge is 2.25. The molecule has 0 amide bonds. The van der Waals surface area contributed by atoms with Gasteiger partial charge in [0.05, 0.1) is 7.11 Å². The van der Waals surface area contributed by atoms with Gasteiger partial charge in [-0.05, 0) is 35.7 Å². The van der Waals surface area contributed by atoms with E-state index in [1.807, 2.05) is 49.4 Å². The van der Waals surface area contributed by atoms with Crippen molar-refractivity contribution in [3.8, 4) is 33.8 Å². The third kappa shape index (κ3) is 3.11. The maximum atomic E-state index is 11.9. The maximum Gasteiger partial charge on any atom is 0.288 e. The number of methoxy groups -OCH3 is 1. The van der Waals surface area contributed by atoms with Crippen molar-refractivity contribution < 1.29 is 13.1 Å². The van der Waals surface area contributed by atoms with Crippen LogP contribution in [-0.2, 0) is 11.3 Å². The van der Waals surface area contributed by atoms with Gasteiger partial charge >= 0.3 is 0 Å². The molecular formula is C21H19NO3S. The van der Waals surface area contributed by atoms with Gasteiger partial charge in [-0.1, -0.05) is 54.6 Å². The smallest absolute Gasteiger partial charge is 0.288 e. The van der Waals surface area contributed by atoms with Crippen molar-refractivity contribution in [2.75, 3.05) is 7.11 Å². The van der Waals surface area contributed by atoms with E-state index in [2.05, 4.69) is 29.0 Å². The molecule has 1 heterocycles. The number of hydrogen-bond acceptors (Lipinski definition) is 3. The number of para-hydroxylation sites is 1. The predicted octanol–water partition coefficient (Wildman–Crippen LogP) is 4.65. The third-order valence-electron chi connectivity index (χ3n) is 4.56. The Morgan fingerprint density at radius 1 is 0.923 bits per heavy atom. The van der Waals surface area contributed by atoms with Crippen molar-refractivity contribution in [1.82, 2.24) is 4.72 Å². The second-order valence-corrected chi connectivity index (χ2v) is 7.06. The third-order valence-corrected chi connectivity index (χ3v) is 5.43. The first-order chi connectivity index (χ1) is 12.7. The fourth-order valence-electron chi connectivity index (χ4n) is 3.15. The number of benzene rings is 3. The van der Waals surface area contributed by atoms with Crippen molar-refractivity contribution >= 4 is 11.3 Å². The summed E-state index contributed by atoms with van der Waals surface area (Å²) in [4.78, 5) is 0. The topological polar surface area (TPSA) is 47.6 Å². The summed E-state index contributed by atoms with van der Waals surface area (Å²) in [6, 6.07) is 22.3. The lowest BCUT2D eigenvalue weighted by atomic mass is 9.96. The molecule has 132 valence electrons. The van der Waals surface area contributed by atoms with Crippen LogP contribution in [-0.4, -0.2) is 11.3 Å². The Bertz CT molecular complexity index is 952. The molecule has 26 heavy (non-hydrogen) atoms. The summed E-state index contributed by atoms with van der Waals surface area (Å²) in [5.74, 6) is 1.53. The van der Waals surface area contributed by atoms with Crippen molar-refractivity contribution in [1.29, 1.82) is 0 Å². The Morgan fingerprint density at radius 2 is 1.54 bits per heavy atom. The van der Waals surface area contributed by atoms with E-state index < -0.39 is 11.3 Å². The number of nitrogens with one attached hydrogen (secondary N) is 1. The van der Waals surface area contributed by atoms with Crippen molar-refractivity contribution in [2.24, 2.45) is 0 Å². The normalized spacial score (nSPS) is 18.7. The summed E-state index contributed by atoms with van der Waals surface area (Å²) >= 11 is -1.51. The van der Waals surface area contributed by atoms with Gasteiger partial charge in [-0.25, -0.2) is 0 Å². The number of fused-ring (bicyclic) bond motifs is 1. The van der Waals surface area contributed by atoms with Crippen molar-refractivity contribution in [3.63, 3.8) is 0 Å². The lowest BCUT2D eigenvalue weighted by Crippen LogP contribution is -2.30. The molecule has 0 spiro atoms. The minimum Gasteiger partial charge on any atom is -0.497 e. The Labute approximate surface area is 155 Å². The molecule has 4 rings (SSSR count). The molecule has 0 fully saturated rings. The lowest BCUT2D eigenvalue weighted by molar-refractivity contribution is 0.415. The molecule has 0 saturated heterocycles. The standard InChI is InChI=1S/C21H19NO3S/c1-14-19-4-3-5-20(21(19)25-26(23)22-14)17-8-6-15(7-9-17)16-10-12-18(24-2)13-11-16/h3-14,22H,1-2H3. The zero-order valence-corrected chi connectivity index (χ0v) is 15.4. The van der Waals surface area contributed by atoms with E-state index in [0.29, 0.717) is 5.75 Å². The Morgan fingerprint density at radius 3 is 2.19 bits per heavy atom. The molecule has 3 aromatic rings. The highest BCUT2D eigenvalue weighted by atomic mass is 32.2. The average Bonchev–Trinajstić information content (AvgIpc) is 2.68. The molecule has 2 unspecified atom stereocenters. The number of hydrogen-bond donors (Lipinski definition) is 1. The zero-order chi connectivity index (χ0) is 18.1. The van der Waals surface area contributed by atoms with Crippen molar-refractivity contribution in [3.05, 3.63) is 72.3 Å². The summed E-state index contributed by atoms with van der Waals surface area (Å²) in [7, 11) is 1.66. The Balaban J connectivity index is 1.69. The second kappa shape index (κ2) is 6.94. The number of ether oxygens (including phenoxy) is 1. The molecule has 0 saturated carbocycles. The monoisotopic (exact) mass is 365 g/mol. The van der Waals surface area contributed by atoms with Crippen LogP contribution in [0, 0.1) is 0 Å². The van der Waals surface area contributed by atoms with Crippen LogP contribution in [0.15, 0.2) is 66.7 Å². The minimum atomic E-state index is -1.51. The zero-order valence-electron chi connectivity index (χ0n) is 14.6. The van der Waals surface area contributed by atoms with Gasteiger partial charge in [0.1, 0.15) is 5.75 Å². The molecule has 4 nitrogen and oxygen atoms in total. The van der Waals surface area contributed by atoms with Gasteiger partial charge in [0.25, 0.3) is 11.3 Å². The first-order valence-corrected chi connectivity index (χ1v) is 9.47. The average molecular weight is 365 g/mol. The summed E-state index contributed by atoms with van der Waals surface area (Å²) in [5.41, 5.74) is 5.25. The fraction of sp³-hybridized carbons (Fsp3) is 0.143. The SMILES string of the molecule is COc1ccc(-c2ccc(-c3cccc4c3OS(=O)NC4C)cc2)cc1. The largest absolute Gasteiger partial charge is 0.497 e. The van der Waals surface area contributed by atoms with Gasteiger partial charge in [-0.2, -0.15) is 8.93 Å². The molecule has 0 aliphatic carbocycles. The molecule has 1 aliphatic heterocycles. The molecule has 0 aromatic heterocycles. The van der Waals surface area contributed by atoms with Crippen LogP contribution in [0.2, 0.25) is 0 Å².